The minimum absolute atomic E-state index is 0.0521. The molecule has 2 aliphatic rings. The summed E-state index contributed by atoms with van der Waals surface area (Å²) < 4.78 is 1.70. The lowest BCUT2D eigenvalue weighted by atomic mass is 9.80. The number of likely N-dealkylation sites (tertiary alicyclic amines) is 1. The van der Waals surface area contributed by atoms with Crippen LogP contribution in [0.3, 0.4) is 0 Å². The third-order valence-corrected chi connectivity index (χ3v) is 5.49. The summed E-state index contributed by atoms with van der Waals surface area (Å²) in [7, 11) is 1.78. The number of nitrogens with one attached hydrogen (secondary N) is 1. The van der Waals surface area contributed by atoms with E-state index in [9.17, 15) is 9.59 Å². The average Bonchev–Trinajstić information content (AvgIpc) is 3.20. The molecule has 0 spiro atoms. The van der Waals surface area contributed by atoms with Crippen LogP contribution in [0.2, 0.25) is 0 Å². The van der Waals surface area contributed by atoms with Crippen LogP contribution in [0.4, 0.5) is 5.69 Å². The highest BCUT2D eigenvalue weighted by Crippen LogP contribution is 2.41. The average molecular weight is 348 g/mol. The summed E-state index contributed by atoms with van der Waals surface area (Å²) >= 11 is 0. The van der Waals surface area contributed by atoms with Gasteiger partial charge in [0.25, 0.3) is 5.91 Å². The number of fused-ring (bicyclic) bond motifs is 1. The van der Waals surface area contributed by atoms with Gasteiger partial charge in [-0.2, -0.15) is 5.26 Å². The molecule has 1 fully saturated rings. The van der Waals surface area contributed by atoms with Crippen molar-refractivity contribution in [2.45, 2.75) is 18.8 Å². The molecule has 1 saturated heterocycles. The summed E-state index contributed by atoms with van der Waals surface area (Å²) in [5.41, 5.74) is 3.01. The number of rotatable bonds is 2. The van der Waals surface area contributed by atoms with E-state index in [1.165, 1.54) is 0 Å². The molecule has 3 heterocycles. The lowest BCUT2D eigenvalue weighted by Crippen LogP contribution is -2.41. The number of aryl methyl sites for hydroxylation is 1. The zero-order chi connectivity index (χ0) is 18.3. The molecule has 132 valence electrons. The van der Waals surface area contributed by atoms with Gasteiger partial charge in [-0.25, -0.2) is 0 Å². The van der Waals surface area contributed by atoms with E-state index in [1.807, 2.05) is 29.2 Å². The Balaban J connectivity index is 1.46. The van der Waals surface area contributed by atoms with Crippen LogP contribution in [0.15, 0.2) is 36.5 Å². The van der Waals surface area contributed by atoms with Crippen LogP contribution in [0.25, 0.3) is 0 Å². The quantitative estimate of drug-likeness (QED) is 0.906. The lowest BCUT2D eigenvalue weighted by molar-refractivity contribution is -0.118. The van der Waals surface area contributed by atoms with E-state index in [-0.39, 0.29) is 23.7 Å². The Morgan fingerprint density at radius 1 is 1.27 bits per heavy atom. The van der Waals surface area contributed by atoms with Crippen LogP contribution in [-0.4, -0.2) is 34.4 Å². The molecule has 2 aromatic rings. The fraction of sp³-hybridized carbons (Fsp3) is 0.350. The number of piperidine rings is 1. The fourth-order valence-electron chi connectivity index (χ4n) is 4.14. The van der Waals surface area contributed by atoms with Gasteiger partial charge in [0, 0.05) is 32.0 Å². The lowest BCUT2D eigenvalue weighted by Gasteiger charge is -2.34. The Morgan fingerprint density at radius 2 is 2.00 bits per heavy atom. The summed E-state index contributed by atoms with van der Waals surface area (Å²) in [6.07, 6.45) is 3.27. The first-order chi connectivity index (χ1) is 12.6. The number of hydrogen-bond donors (Lipinski definition) is 1. The smallest absolute Gasteiger partial charge is 0.270 e. The van der Waals surface area contributed by atoms with Gasteiger partial charge in [0.1, 0.15) is 11.8 Å². The van der Waals surface area contributed by atoms with Gasteiger partial charge < -0.3 is 14.8 Å². The number of carbonyl (C=O) groups excluding carboxylic acids is 2. The summed E-state index contributed by atoms with van der Waals surface area (Å²) in [4.78, 5) is 27.0. The van der Waals surface area contributed by atoms with Gasteiger partial charge in [0.15, 0.2) is 0 Å². The number of hydrogen-bond acceptors (Lipinski definition) is 3. The van der Waals surface area contributed by atoms with Crippen molar-refractivity contribution in [1.82, 2.24) is 9.47 Å². The number of para-hydroxylation sites is 1. The molecule has 2 aliphatic heterocycles. The van der Waals surface area contributed by atoms with Crippen molar-refractivity contribution in [3.05, 3.63) is 53.3 Å². The molecule has 1 aromatic heterocycles. The second kappa shape index (κ2) is 6.34. The Morgan fingerprint density at radius 3 is 2.69 bits per heavy atom. The van der Waals surface area contributed by atoms with Crippen molar-refractivity contribution in [1.29, 1.82) is 5.26 Å². The molecule has 1 N–H and O–H groups in total. The van der Waals surface area contributed by atoms with Crippen molar-refractivity contribution in [2.75, 3.05) is 18.4 Å². The van der Waals surface area contributed by atoms with E-state index in [4.69, 9.17) is 5.26 Å². The molecule has 0 radical (unpaired) electrons. The molecule has 0 bridgehead atoms. The number of aromatic nitrogens is 1. The molecule has 26 heavy (non-hydrogen) atoms. The first-order valence-corrected chi connectivity index (χ1v) is 8.84. The largest absolute Gasteiger partial charge is 0.345 e. The molecule has 6 nitrogen and oxygen atoms in total. The van der Waals surface area contributed by atoms with Gasteiger partial charge in [0.2, 0.25) is 5.91 Å². The third kappa shape index (κ3) is 2.66. The van der Waals surface area contributed by atoms with E-state index in [0.29, 0.717) is 24.3 Å². The standard InChI is InChI=1S/C20H20N4O2/c1-23-12-13(11-21)10-17(23)20(26)24-8-6-14(7-9-24)18-15-4-2-3-5-16(15)22-19(18)25/h2-5,10,12,14,18H,6-9H2,1H3,(H,22,25). The van der Waals surface area contributed by atoms with Crippen molar-refractivity contribution < 1.29 is 9.59 Å². The maximum Gasteiger partial charge on any atom is 0.270 e. The minimum atomic E-state index is -0.122. The number of nitriles is 1. The molecular formula is C20H20N4O2. The maximum atomic E-state index is 12.8. The number of amides is 2. The van der Waals surface area contributed by atoms with Crippen LogP contribution in [0.5, 0.6) is 0 Å². The molecular weight excluding hydrogens is 328 g/mol. The zero-order valence-corrected chi connectivity index (χ0v) is 14.6. The van der Waals surface area contributed by atoms with E-state index in [1.54, 1.807) is 23.9 Å². The molecule has 4 rings (SSSR count). The molecule has 1 aromatic carbocycles. The molecule has 6 heteroatoms. The van der Waals surface area contributed by atoms with Crippen LogP contribution < -0.4 is 5.32 Å². The molecule has 0 saturated carbocycles. The van der Waals surface area contributed by atoms with Crippen molar-refractivity contribution in [2.24, 2.45) is 13.0 Å². The van der Waals surface area contributed by atoms with Gasteiger partial charge in [-0.15, -0.1) is 0 Å². The number of anilines is 1. The molecule has 1 atom stereocenters. The van der Waals surface area contributed by atoms with E-state index >= 15 is 0 Å². The van der Waals surface area contributed by atoms with E-state index in [0.717, 1.165) is 24.1 Å². The van der Waals surface area contributed by atoms with Crippen LogP contribution in [-0.2, 0) is 11.8 Å². The highest BCUT2D eigenvalue weighted by Gasteiger charge is 2.38. The summed E-state index contributed by atoms with van der Waals surface area (Å²) in [6.45, 7) is 1.25. The zero-order valence-electron chi connectivity index (χ0n) is 14.6. The van der Waals surface area contributed by atoms with Gasteiger partial charge >= 0.3 is 0 Å². The van der Waals surface area contributed by atoms with Crippen LogP contribution >= 0.6 is 0 Å². The number of nitrogens with zero attached hydrogens (tertiary/aromatic N) is 3. The Kier molecular flexibility index (Phi) is 4.00. The highest BCUT2D eigenvalue weighted by molar-refractivity contribution is 6.03. The monoisotopic (exact) mass is 348 g/mol. The Hall–Kier alpha value is -3.07. The molecule has 0 aliphatic carbocycles. The van der Waals surface area contributed by atoms with Gasteiger partial charge in [-0.3, -0.25) is 9.59 Å². The number of carbonyl (C=O) groups is 2. The van der Waals surface area contributed by atoms with Crippen molar-refractivity contribution in [3.8, 4) is 6.07 Å². The highest BCUT2D eigenvalue weighted by atomic mass is 16.2. The predicted octanol–water partition coefficient (Wildman–Crippen LogP) is 2.48. The van der Waals surface area contributed by atoms with E-state index in [2.05, 4.69) is 11.4 Å². The summed E-state index contributed by atoms with van der Waals surface area (Å²) in [5.74, 6) is 0.134. The third-order valence-electron chi connectivity index (χ3n) is 5.49. The SMILES string of the molecule is Cn1cc(C#N)cc1C(=O)N1CCC(C2C(=O)Nc3ccccc32)CC1. The van der Waals surface area contributed by atoms with Crippen molar-refractivity contribution >= 4 is 17.5 Å². The van der Waals surface area contributed by atoms with Gasteiger partial charge in [-0.1, -0.05) is 18.2 Å². The fourth-order valence-corrected chi connectivity index (χ4v) is 4.14. The second-order valence-corrected chi connectivity index (χ2v) is 7.02. The Bertz CT molecular complexity index is 916. The summed E-state index contributed by atoms with van der Waals surface area (Å²) in [5, 5.41) is 12.0. The predicted molar refractivity (Wildman–Crippen MR) is 96.6 cm³/mol. The minimum Gasteiger partial charge on any atom is -0.345 e. The second-order valence-electron chi connectivity index (χ2n) is 7.02. The Labute approximate surface area is 152 Å². The van der Waals surface area contributed by atoms with Crippen LogP contribution in [0, 0.1) is 17.2 Å². The topological polar surface area (TPSA) is 78.1 Å². The first-order valence-electron chi connectivity index (χ1n) is 8.84. The van der Waals surface area contributed by atoms with Crippen molar-refractivity contribution in [3.63, 3.8) is 0 Å². The first kappa shape index (κ1) is 16.4. The van der Waals surface area contributed by atoms with E-state index < -0.39 is 0 Å². The van der Waals surface area contributed by atoms with Gasteiger partial charge in [-0.05, 0) is 36.5 Å². The normalized spacial score (nSPS) is 19.8. The van der Waals surface area contributed by atoms with Gasteiger partial charge in [0.05, 0.1) is 11.5 Å². The summed E-state index contributed by atoms with van der Waals surface area (Å²) in [6, 6.07) is 11.6. The molecule has 1 unspecified atom stereocenters. The number of benzene rings is 1. The van der Waals surface area contributed by atoms with Crippen LogP contribution in [0.1, 0.15) is 40.4 Å². The molecule has 2 amide bonds. The maximum absolute atomic E-state index is 12.8.